The Morgan fingerprint density at radius 3 is 2.50 bits per heavy atom. The van der Waals surface area contributed by atoms with E-state index < -0.39 is 29.7 Å². The van der Waals surface area contributed by atoms with E-state index in [1.54, 1.807) is 6.92 Å². The second-order valence-electron chi connectivity index (χ2n) is 3.59. The lowest BCUT2D eigenvalue weighted by atomic mass is 10.2. The number of hydrogen-bond acceptors (Lipinski definition) is 4. The summed E-state index contributed by atoms with van der Waals surface area (Å²) in [5.74, 6) is -1.59. The number of carboxylic acids is 1. The highest BCUT2D eigenvalue weighted by atomic mass is 16.4. The molecule has 3 N–H and O–H groups in total. The van der Waals surface area contributed by atoms with Crippen molar-refractivity contribution < 1.29 is 14.7 Å². The van der Waals surface area contributed by atoms with Crippen molar-refractivity contribution in [2.45, 2.75) is 13.3 Å². The summed E-state index contributed by atoms with van der Waals surface area (Å²) in [6.45, 7) is 1.46. The van der Waals surface area contributed by atoms with Crippen LogP contribution < -0.4 is 11.2 Å². The quantitative estimate of drug-likeness (QED) is 0.593. The summed E-state index contributed by atoms with van der Waals surface area (Å²) in [4.78, 5) is 49.6. The standard InChI is InChI=1S/C10H13N3O5/c1-2-13(5-9(16)17)8(15)4-6-3-7(14)12-10(18)11-6/h3H,2,4-5H2,1H3,(H,16,17)(H2,11,12,14,18). The normalized spacial score (nSPS) is 10.1. The van der Waals surface area contributed by atoms with E-state index in [9.17, 15) is 19.2 Å². The summed E-state index contributed by atoms with van der Waals surface area (Å²) >= 11 is 0. The lowest BCUT2D eigenvalue weighted by molar-refractivity contribution is -0.144. The van der Waals surface area contributed by atoms with Gasteiger partial charge in [0.2, 0.25) is 5.91 Å². The average Bonchev–Trinajstić information content (AvgIpc) is 2.23. The Labute approximate surface area is 101 Å². The maximum atomic E-state index is 11.7. The number of carbonyl (C=O) groups excluding carboxylic acids is 1. The third-order valence-electron chi connectivity index (χ3n) is 2.22. The summed E-state index contributed by atoms with van der Waals surface area (Å²) < 4.78 is 0. The Kier molecular flexibility index (Phi) is 4.41. The molecule has 0 radical (unpaired) electrons. The van der Waals surface area contributed by atoms with Crippen LogP contribution in [0.15, 0.2) is 15.7 Å². The first-order valence-electron chi connectivity index (χ1n) is 5.24. The maximum absolute atomic E-state index is 11.7. The minimum atomic E-state index is -1.12. The van der Waals surface area contributed by atoms with Crippen LogP contribution in [0.1, 0.15) is 12.6 Å². The summed E-state index contributed by atoms with van der Waals surface area (Å²) in [6.07, 6.45) is -0.222. The van der Waals surface area contributed by atoms with Crippen molar-refractivity contribution in [3.05, 3.63) is 32.6 Å². The van der Waals surface area contributed by atoms with E-state index in [1.165, 1.54) is 0 Å². The predicted octanol–water partition coefficient (Wildman–Crippen LogP) is -1.46. The molecular weight excluding hydrogens is 242 g/mol. The maximum Gasteiger partial charge on any atom is 0.325 e. The van der Waals surface area contributed by atoms with Gasteiger partial charge in [0, 0.05) is 18.3 Å². The summed E-state index contributed by atoms with van der Waals surface area (Å²) in [6, 6.07) is 1.09. The Balaban J connectivity index is 2.82. The van der Waals surface area contributed by atoms with Crippen molar-refractivity contribution in [1.82, 2.24) is 14.9 Å². The van der Waals surface area contributed by atoms with E-state index in [-0.39, 0.29) is 18.7 Å². The molecule has 0 aliphatic rings. The molecule has 1 rings (SSSR count). The minimum absolute atomic E-state index is 0.151. The Hall–Kier alpha value is -2.38. The molecule has 18 heavy (non-hydrogen) atoms. The minimum Gasteiger partial charge on any atom is -0.480 e. The second-order valence-corrected chi connectivity index (χ2v) is 3.59. The van der Waals surface area contributed by atoms with E-state index in [2.05, 4.69) is 4.98 Å². The fourth-order valence-electron chi connectivity index (χ4n) is 1.43. The highest BCUT2D eigenvalue weighted by Gasteiger charge is 2.15. The first-order chi connectivity index (χ1) is 8.42. The lowest BCUT2D eigenvalue weighted by Crippen LogP contribution is -2.37. The van der Waals surface area contributed by atoms with Gasteiger partial charge in [0.15, 0.2) is 0 Å². The fraction of sp³-hybridized carbons (Fsp3) is 0.400. The van der Waals surface area contributed by atoms with Gasteiger partial charge >= 0.3 is 11.7 Å². The molecule has 1 aromatic rings. The van der Waals surface area contributed by atoms with Crippen molar-refractivity contribution in [2.75, 3.05) is 13.1 Å². The van der Waals surface area contributed by atoms with Crippen LogP contribution in [0.3, 0.4) is 0 Å². The molecule has 0 aliphatic carbocycles. The number of aromatic amines is 2. The smallest absolute Gasteiger partial charge is 0.325 e. The van der Waals surface area contributed by atoms with Gasteiger partial charge in [-0.05, 0) is 6.92 Å². The van der Waals surface area contributed by atoms with Gasteiger partial charge in [-0.1, -0.05) is 0 Å². The zero-order valence-corrected chi connectivity index (χ0v) is 9.73. The second kappa shape index (κ2) is 5.80. The molecule has 1 amide bonds. The van der Waals surface area contributed by atoms with Gasteiger partial charge in [-0.2, -0.15) is 0 Å². The number of carboxylic acid groups (broad SMARTS) is 1. The zero-order chi connectivity index (χ0) is 13.7. The lowest BCUT2D eigenvalue weighted by Gasteiger charge is -2.18. The predicted molar refractivity (Wildman–Crippen MR) is 61.3 cm³/mol. The number of H-pyrrole nitrogens is 2. The molecule has 0 spiro atoms. The topological polar surface area (TPSA) is 123 Å². The fourth-order valence-corrected chi connectivity index (χ4v) is 1.43. The SMILES string of the molecule is CCN(CC(=O)O)C(=O)Cc1cc(=O)[nH]c(=O)[nH]1. The number of hydrogen-bond donors (Lipinski definition) is 3. The van der Waals surface area contributed by atoms with Crippen molar-refractivity contribution in [1.29, 1.82) is 0 Å². The van der Waals surface area contributed by atoms with Crippen LogP contribution in [0.25, 0.3) is 0 Å². The molecule has 8 heteroatoms. The van der Waals surface area contributed by atoms with Crippen molar-refractivity contribution in [2.24, 2.45) is 0 Å². The third-order valence-corrected chi connectivity index (χ3v) is 2.22. The monoisotopic (exact) mass is 255 g/mol. The first kappa shape index (κ1) is 13.7. The molecule has 0 aromatic carbocycles. The first-order valence-corrected chi connectivity index (χ1v) is 5.24. The van der Waals surface area contributed by atoms with Gasteiger partial charge in [-0.3, -0.25) is 19.4 Å². The number of rotatable bonds is 5. The molecule has 0 unspecified atom stereocenters. The van der Waals surface area contributed by atoms with E-state index >= 15 is 0 Å². The van der Waals surface area contributed by atoms with Crippen LogP contribution in [0.5, 0.6) is 0 Å². The van der Waals surface area contributed by atoms with Crippen LogP contribution in [0.4, 0.5) is 0 Å². The van der Waals surface area contributed by atoms with Gasteiger partial charge in [0.1, 0.15) is 6.54 Å². The zero-order valence-electron chi connectivity index (χ0n) is 9.73. The molecule has 1 heterocycles. The summed E-state index contributed by atoms with van der Waals surface area (Å²) in [5, 5.41) is 8.61. The van der Waals surface area contributed by atoms with E-state index in [0.717, 1.165) is 11.0 Å². The van der Waals surface area contributed by atoms with Crippen LogP contribution in [-0.2, 0) is 16.0 Å². The average molecular weight is 255 g/mol. The van der Waals surface area contributed by atoms with Crippen molar-refractivity contribution in [3.8, 4) is 0 Å². The Morgan fingerprint density at radius 2 is 2.00 bits per heavy atom. The molecule has 0 atom stereocenters. The number of likely N-dealkylation sites (N-methyl/N-ethyl adjacent to an activating group) is 1. The largest absolute Gasteiger partial charge is 0.480 e. The highest BCUT2D eigenvalue weighted by molar-refractivity contribution is 5.82. The molecule has 0 aliphatic heterocycles. The molecule has 0 saturated carbocycles. The molecule has 0 saturated heterocycles. The molecule has 0 bridgehead atoms. The molecule has 1 aromatic heterocycles. The summed E-state index contributed by atoms with van der Waals surface area (Å²) in [5.41, 5.74) is -1.16. The number of aliphatic carboxylic acids is 1. The van der Waals surface area contributed by atoms with Gasteiger partial charge in [-0.25, -0.2) is 4.79 Å². The van der Waals surface area contributed by atoms with Crippen LogP contribution in [-0.4, -0.2) is 44.9 Å². The molecule has 0 fully saturated rings. The molecule has 8 nitrogen and oxygen atoms in total. The van der Waals surface area contributed by atoms with E-state index in [1.807, 2.05) is 4.98 Å². The molecular formula is C10H13N3O5. The van der Waals surface area contributed by atoms with Crippen molar-refractivity contribution in [3.63, 3.8) is 0 Å². The number of nitrogens with zero attached hydrogens (tertiary/aromatic N) is 1. The van der Waals surface area contributed by atoms with E-state index in [4.69, 9.17) is 5.11 Å². The summed E-state index contributed by atoms with van der Waals surface area (Å²) in [7, 11) is 0. The van der Waals surface area contributed by atoms with Crippen molar-refractivity contribution >= 4 is 11.9 Å². The number of aromatic nitrogens is 2. The third kappa shape index (κ3) is 3.89. The Morgan fingerprint density at radius 1 is 1.33 bits per heavy atom. The van der Waals surface area contributed by atoms with Crippen LogP contribution in [0, 0.1) is 0 Å². The van der Waals surface area contributed by atoms with E-state index in [0.29, 0.717) is 0 Å². The highest BCUT2D eigenvalue weighted by Crippen LogP contribution is 1.96. The number of carbonyl (C=O) groups is 2. The molecule has 98 valence electrons. The number of amides is 1. The van der Waals surface area contributed by atoms with Crippen LogP contribution in [0.2, 0.25) is 0 Å². The van der Waals surface area contributed by atoms with Crippen LogP contribution >= 0.6 is 0 Å². The van der Waals surface area contributed by atoms with Gasteiger partial charge in [0.25, 0.3) is 5.56 Å². The van der Waals surface area contributed by atoms with Gasteiger partial charge < -0.3 is 15.0 Å². The van der Waals surface area contributed by atoms with Gasteiger partial charge in [0.05, 0.1) is 6.42 Å². The number of nitrogens with one attached hydrogen (secondary N) is 2. The van der Waals surface area contributed by atoms with Gasteiger partial charge in [-0.15, -0.1) is 0 Å². The Bertz CT molecular complexity index is 531.